The highest BCUT2D eigenvalue weighted by Crippen LogP contribution is 2.43. The Bertz CT molecular complexity index is 881. The van der Waals surface area contributed by atoms with Crippen LogP contribution >= 0.6 is 7.82 Å². The van der Waals surface area contributed by atoms with Crippen molar-refractivity contribution in [2.24, 2.45) is 5.73 Å². The Balaban J connectivity index is 4.18. The summed E-state index contributed by atoms with van der Waals surface area (Å²) in [5.74, 6) is -0.842. The van der Waals surface area contributed by atoms with E-state index in [0.717, 1.165) is 64.2 Å². The second kappa shape index (κ2) is 37.3. The van der Waals surface area contributed by atoms with Crippen LogP contribution in [0.3, 0.4) is 0 Å². The van der Waals surface area contributed by atoms with Gasteiger partial charge in [0, 0.05) is 19.4 Å². The number of rotatable bonds is 38. The molecular weight excluding hydrogens is 653 g/mol. The first-order valence-corrected chi connectivity index (χ1v) is 21.8. The Hall–Kier alpha value is -1.51. The molecule has 0 aromatic heterocycles. The molecule has 3 N–H and O–H groups in total. The van der Waals surface area contributed by atoms with Crippen molar-refractivity contribution in [1.82, 2.24) is 0 Å². The predicted molar refractivity (Wildman–Crippen MR) is 206 cm³/mol. The molecule has 0 spiro atoms. The normalized spacial score (nSPS) is 13.6. The van der Waals surface area contributed by atoms with E-state index in [4.69, 9.17) is 24.3 Å². The minimum Gasteiger partial charge on any atom is -0.462 e. The first-order valence-electron chi connectivity index (χ1n) is 20.3. The maximum Gasteiger partial charge on any atom is 0.472 e. The van der Waals surface area contributed by atoms with Crippen molar-refractivity contribution in [2.75, 3.05) is 26.4 Å². The van der Waals surface area contributed by atoms with Crippen molar-refractivity contribution in [2.45, 2.75) is 193 Å². The quantitative estimate of drug-likeness (QED) is 0.0275. The standard InChI is InChI=1S/C40H76NO8P/c1-3-5-7-9-11-13-15-17-18-19-20-21-23-25-27-29-31-33-40(43)49-38(37-48-50(44,45)47-35-34-41)36-46-39(42)32-30-28-26-24-22-16-14-12-10-8-6-4-2/h12,14,17-18,38H,3-11,13,15-16,19-37,41H2,1-2H3,(H,44,45)/b14-12+,18-17+/t38-/m1/s1. The van der Waals surface area contributed by atoms with Gasteiger partial charge in [0.2, 0.25) is 0 Å². The van der Waals surface area contributed by atoms with Gasteiger partial charge in [-0.15, -0.1) is 0 Å². The van der Waals surface area contributed by atoms with Crippen molar-refractivity contribution in [1.29, 1.82) is 0 Å². The molecule has 0 heterocycles. The van der Waals surface area contributed by atoms with Crippen LogP contribution in [0, 0.1) is 0 Å². The molecule has 0 rings (SSSR count). The number of carbonyl (C=O) groups excluding carboxylic acids is 2. The second-order valence-corrected chi connectivity index (χ2v) is 14.9. The third-order valence-corrected chi connectivity index (χ3v) is 9.54. The van der Waals surface area contributed by atoms with Crippen LogP contribution in [-0.2, 0) is 32.7 Å². The summed E-state index contributed by atoms with van der Waals surface area (Å²) in [5.41, 5.74) is 5.33. The fourth-order valence-corrected chi connectivity index (χ4v) is 6.27. The number of unbranched alkanes of at least 4 members (excludes halogenated alkanes) is 21. The Labute approximate surface area is 306 Å². The van der Waals surface area contributed by atoms with Crippen LogP contribution in [0.1, 0.15) is 187 Å². The van der Waals surface area contributed by atoms with Crippen molar-refractivity contribution in [3.05, 3.63) is 24.3 Å². The molecule has 9 nitrogen and oxygen atoms in total. The minimum absolute atomic E-state index is 0.0524. The molecule has 0 aromatic carbocycles. The number of hydrogen-bond donors (Lipinski definition) is 2. The number of phosphoric ester groups is 1. The Kier molecular flexibility index (Phi) is 36.1. The first-order chi connectivity index (χ1) is 24.3. The van der Waals surface area contributed by atoms with Crippen LogP contribution in [-0.4, -0.2) is 49.3 Å². The molecule has 0 aliphatic rings. The van der Waals surface area contributed by atoms with Crippen LogP contribution < -0.4 is 5.73 Å². The highest BCUT2D eigenvalue weighted by molar-refractivity contribution is 7.47. The third-order valence-electron chi connectivity index (χ3n) is 8.56. The minimum atomic E-state index is -4.37. The summed E-state index contributed by atoms with van der Waals surface area (Å²) >= 11 is 0. The van der Waals surface area contributed by atoms with E-state index in [2.05, 4.69) is 38.2 Å². The molecule has 0 saturated heterocycles. The van der Waals surface area contributed by atoms with E-state index in [-0.39, 0.29) is 32.6 Å². The topological polar surface area (TPSA) is 134 Å². The number of ether oxygens (including phenoxy) is 2. The van der Waals surface area contributed by atoms with Crippen LogP contribution in [0.5, 0.6) is 0 Å². The fraction of sp³-hybridized carbons (Fsp3) is 0.850. The van der Waals surface area contributed by atoms with E-state index in [1.807, 2.05) is 0 Å². The van der Waals surface area contributed by atoms with E-state index in [0.29, 0.717) is 6.42 Å². The number of esters is 2. The van der Waals surface area contributed by atoms with Gasteiger partial charge in [-0.1, -0.05) is 134 Å². The smallest absolute Gasteiger partial charge is 0.462 e. The predicted octanol–water partition coefficient (Wildman–Crippen LogP) is 11.2. The molecule has 0 saturated carbocycles. The lowest BCUT2D eigenvalue weighted by atomic mass is 10.1. The summed E-state index contributed by atoms with van der Waals surface area (Å²) in [4.78, 5) is 34.7. The van der Waals surface area contributed by atoms with Crippen LogP contribution in [0.2, 0.25) is 0 Å². The summed E-state index contributed by atoms with van der Waals surface area (Å²) in [6, 6.07) is 0. The summed E-state index contributed by atoms with van der Waals surface area (Å²) in [6.45, 7) is 3.69. The summed E-state index contributed by atoms with van der Waals surface area (Å²) in [7, 11) is -4.37. The third kappa shape index (κ3) is 36.3. The van der Waals surface area contributed by atoms with Crippen LogP contribution in [0.15, 0.2) is 24.3 Å². The number of allylic oxidation sites excluding steroid dienone is 4. The largest absolute Gasteiger partial charge is 0.472 e. The molecule has 50 heavy (non-hydrogen) atoms. The van der Waals surface area contributed by atoms with Gasteiger partial charge in [-0.05, 0) is 64.2 Å². The molecule has 0 aromatic rings. The number of carbonyl (C=O) groups is 2. The van der Waals surface area contributed by atoms with Gasteiger partial charge >= 0.3 is 19.8 Å². The molecule has 294 valence electrons. The van der Waals surface area contributed by atoms with Crippen molar-refractivity contribution >= 4 is 19.8 Å². The average Bonchev–Trinajstić information content (AvgIpc) is 3.10. The molecule has 10 heteroatoms. The number of hydrogen-bond acceptors (Lipinski definition) is 8. The van der Waals surface area contributed by atoms with Crippen molar-refractivity contribution < 1.29 is 37.6 Å². The maximum atomic E-state index is 12.5. The van der Waals surface area contributed by atoms with Gasteiger partial charge in [0.25, 0.3) is 0 Å². The monoisotopic (exact) mass is 730 g/mol. The molecule has 0 aliphatic heterocycles. The molecule has 0 fully saturated rings. The molecule has 1 unspecified atom stereocenters. The lowest BCUT2D eigenvalue weighted by Crippen LogP contribution is -2.29. The van der Waals surface area contributed by atoms with E-state index < -0.39 is 32.5 Å². The highest BCUT2D eigenvalue weighted by Gasteiger charge is 2.26. The highest BCUT2D eigenvalue weighted by atomic mass is 31.2. The number of phosphoric acid groups is 1. The molecule has 0 amide bonds. The van der Waals surface area contributed by atoms with E-state index in [1.54, 1.807) is 0 Å². The van der Waals surface area contributed by atoms with E-state index in [1.165, 1.54) is 89.9 Å². The maximum absolute atomic E-state index is 12.5. The van der Waals surface area contributed by atoms with Crippen LogP contribution in [0.25, 0.3) is 0 Å². The average molecular weight is 730 g/mol. The molecule has 0 bridgehead atoms. The molecular formula is C40H76NO8P. The lowest BCUT2D eigenvalue weighted by Gasteiger charge is -2.19. The Morgan fingerprint density at radius 2 is 0.980 bits per heavy atom. The lowest BCUT2D eigenvalue weighted by molar-refractivity contribution is -0.161. The molecule has 2 atom stereocenters. The van der Waals surface area contributed by atoms with Gasteiger partial charge in [-0.2, -0.15) is 0 Å². The van der Waals surface area contributed by atoms with Gasteiger partial charge in [0.1, 0.15) is 6.61 Å². The van der Waals surface area contributed by atoms with Crippen molar-refractivity contribution in [3.63, 3.8) is 0 Å². The van der Waals surface area contributed by atoms with Gasteiger partial charge in [0.05, 0.1) is 13.2 Å². The SMILES string of the molecule is CCCCC/C=C/CCCCCCCC(=O)OC[C@H](COP(=O)(O)OCCN)OC(=O)CCCCCCCCC/C=C/CCCCCCCC. The zero-order valence-electron chi connectivity index (χ0n) is 32.1. The molecule has 0 aliphatic carbocycles. The second-order valence-electron chi connectivity index (χ2n) is 13.5. The number of nitrogens with two attached hydrogens (primary N) is 1. The van der Waals surface area contributed by atoms with Crippen LogP contribution in [0.4, 0.5) is 0 Å². The summed E-state index contributed by atoms with van der Waals surface area (Å²) < 4.78 is 32.7. The van der Waals surface area contributed by atoms with Gasteiger partial charge in [-0.3, -0.25) is 18.6 Å². The van der Waals surface area contributed by atoms with Gasteiger partial charge in [-0.25, -0.2) is 4.57 Å². The zero-order chi connectivity index (χ0) is 36.8. The Morgan fingerprint density at radius 3 is 1.46 bits per heavy atom. The Morgan fingerprint density at radius 1 is 0.580 bits per heavy atom. The zero-order valence-corrected chi connectivity index (χ0v) is 33.0. The van der Waals surface area contributed by atoms with E-state index >= 15 is 0 Å². The van der Waals surface area contributed by atoms with Gasteiger partial charge < -0.3 is 20.1 Å². The van der Waals surface area contributed by atoms with E-state index in [9.17, 15) is 19.0 Å². The first kappa shape index (κ1) is 48.5. The fourth-order valence-electron chi connectivity index (χ4n) is 5.51. The molecule has 0 radical (unpaired) electrons. The summed E-state index contributed by atoms with van der Waals surface area (Å²) in [5, 5.41) is 0. The van der Waals surface area contributed by atoms with Crippen molar-refractivity contribution in [3.8, 4) is 0 Å². The summed E-state index contributed by atoms with van der Waals surface area (Å²) in [6.07, 6.45) is 37.7. The van der Waals surface area contributed by atoms with Gasteiger partial charge in [0.15, 0.2) is 6.10 Å².